The van der Waals surface area contributed by atoms with Gasteiger partial charge in [-0.1, -0.05) is 51.5 Å². The minimum absolute atomic E-state index is 0.0172. The van der Waals surface area contributed by atoms with E-state index in [1.165, 1.54) is 23.3 Å². The topological polar surface area (TPSA) is 70.8 Å². The van der Waals surface area contributed by atoms with Crippen molar-refractivity contribution in [3.05, 3.63) is 82.0 Å². The first-order valence-corrected chi connectivity index (χ1v) is 12.1. The van der Waals surface area contributed by atoms with Gasteiger partial charge in [0.1, 0.15) is 11.4 Å². The van der Waals surface area contributed by atoms with Crippen LogP contribution in [0.2, 0.25) is 0 Å². The van der Waals surface area contributed by atoms with E-state index < -0.39 is 0 Å². The van der Waals surface area contributed by atoms with Crippen LogP contribution in [0.5, 0.6) is 0 Å². The van der Waals surface area contributed by atoms with Crippen molar-refractivity contribution in [2.75, 3.05) is 13.1 Å². The van der Waals surface area contributed by atoms with Crippen LogP contribution in [0, 0.1) is 11.7 Å². The van der Waals surface area contributed by atoms with E-state index in [0.29, 0.717) is 29.5 Å². The van der Waals surface area contributed by atoms with Gasteiger partial charge in [0, 0.05) is 19.5 Å². The van der Waals surface area contributed by atoms with Gasteiger partial charge in [0.25, 0.3) is 0 Å². The maximum absolute atomic E-state index is 13.5. The second-order valence-corrected chi connectivity index (χ2v) is 9.23. The number of fused-ring (bicyclic) bond motifs is 1. The Morgan fingerprint density at radius 2 is 1.69 bits per heavy atom. The normalized spacial score (nSPS) is 11.1. The molecule has 0 spiro atoms. The molecule has 0 radical (unpaired) electrons. The lowest BCUT2D eigenvalue weighted by Gasteiger charge is -2.28. The highest BCUT2D eigenvalue weighted by Gasteiger charge is 2.23. The first-order valence-electron chi connectivity index (χ1n) is 12.1. The lowest BCUT2D eigenvalue weighted by molar-refractivity contribution is -0.141. The summed E-state index contributed by atoms with van der Waals surface area (Å²) in [6.45, 7) is 6.58. The number of amides is 2. The molecule has 2 aromatic carbocycles. The number of rotatable bonds is 11. The van der Waals surface area contributed by atoms with Gasteiger partial charge in [0.2, 0.25) is 11.8 Å². The number of hydrogen-bond donors (Lipinski definition) is 0. The van der Waals surface area contributed by atoms with E-state index in [4.69, 9.17) is 4.42 Å². The molecule has 3 aromatic rings. The zero-order chi connectivity index (χ0) is 25.4. The molecule has 0 atom stereocenters. The monoisotopic (exact) mass is 480 g/mol. The molecule has 6 nitrogen and oxygen atoms in total. The third-order valence-electron chi connectivity index (χ3n) is 5.80. The third-order valence-corrected chi connectivity index (χ3v) is 5.80. The second kappa shape index (κ2) is 12.3. The van der Waals surface area contributed by atoms with Crippen LogP contribution >= 0.6 is 0 Å². The molecule has 35 heavy (non-hydrogen) atoms. The van der Waals surface area contributed by atoms with Gasteiger partial charge in [-0.2, -0.15) is 0 Å². The number of unbranched alkanes of at least 4 members (excludes halogenated alkanes) is 1. The summed E-state index contributed by atoms with van der Waals surface area (Å²) >= 11 is 0. The van der Waals surface area contributed by atoms with Crippen molar-refractivity contribution in [1.29, 1.82) is 0 Å². The van der Waals surface area contributed by atoms with Crippen molar-refractivity contribution in [3.8, 4) is 0 Å². The molecule has 1 heterocycles. The minimum atomic E-state index is -0.369. The van der Waals surface area contributed by atoms with Gasteiger partial charge < -0.3 is 14.2 Å². The van der Waals surface area contributed by atoms with Crippen LogP contribution in [0.25, 0.3) is 11.0 Å². The lowest BCUT2D eigenvalue weighted by atomic mass is 10.1. The fourth-order valence-electron chi connectivity index (χ4n) is 3.86. The highest BCUT2D eigenvalue weighted by atomic mass is 19.1. The molecule has 0 saturated heterocycles. The standard InChI is InChI=1S/C28H33FN2O4/c1-4-5-14-30(26(32)15-20(2)3)18-27(33)31(16-21-10-12-23(29)13-11-21)17-22-19-35-25-9-7-6-8-24(25)28(22)34/h6-13,19-20H,4-5,14-18H2,1-3H3. The average Bonchev–Trinajstić information content (AvgIpc) is 2.83. The Hall–Kier alpha value is -3.48. The Kier molecular flexibility index (Phi) is 9.18. The number of halogens is 1. The zero-order valence-electron chi connectivity index (χ0n) is 20.6. The Labute approximate surface area is 205 Å². The van der Waals surface area contributed by atoms with Crippen LogP contribution < -0.4 is 5.43 Å². The summed E-state index contributed by atoms with van der Waals surface area (Å²) in [5.74, 6) is -0.532. The van der Waals surface area contributed by atoms with E-state index in [-0.39, 0.29) is 48.6 Å². The van der Waals surface area contributed by atoms with Gasteiger partial charge in [-0.05, 0) is 42.2 Å². The van der Waals surface area contributed by atoms with Crippen LogP contribution in [0.3, 0.4) is 0 Å². The van der Waals surface area contributed by atoms with Crippen molar-refractivity contribution in [2.24, 2.45) is 5.92 Å². The molecule has 1 aromatic heterocycles. The van der Waals surface area contributed by atoms with Crippen LogP contribution in [-0.2, 0) is 22.7 Å². The Bertz CT molecular complexity index is 1200. The molecular formula is C28H33FN2O4. The van der Waals surface area contributed by atoms with E-state index in [9.17, 15) is 18.8 Å². The van der Waals surface area contributed by atoms with E-state index in [1.807, 2.05) is 20.8 Å². The largest absolute Gasteiger partial charge is 0.464 e. The van der Waals surface area contributed by atoms with Crippen LogP contribution in [0.15, 0.2) is 64.0 Å². The molecule has 2 amide bonds. The Morgan fingerprint density at radius 1 is 0.971 bits per heavy atom. The van der Waals surface area contributed by atoms with Crippen LogP contribution in [0.1, 0.15) is 51.2 Å². The number of carbonyl (C=O) groups excluding carboxylic acids is 2. The maximum atomic E-state index is 13.5. The first kappa shape index (κ1) is 26.1. The molecule has 0 bridgehead atoms. The summed E-state index contributed by atoms with van der Waals surface area (Å²) in [5.41, 5.74) is 1.33. The fraction of sp³-hybridized carbons (Fsp3) is 0.393. The quantitative estimate of drug-likeness (QED) is 0.381. The molecule has 0 fully saturated rings. The number of para-hydroxylation sites is 1. The molecule has 0 aliphatic rings. The van der Waals surface area contributed by atoms with Gasteiger partial charge in [-0.15, -0.1) is 0 Å². The highest BCUT2D eigenvalue weighted by Crippen LogP contribution is 2.15. The molecule has 186 valence electrons. The minimum Gasteiger partial charge on any atom is -0.464 e. The highest BCUT2D eigenvalue weighted by molar-refractivity contribution is 5.85. The van der Waals surface area contributed by atoms with Crippen LogP contribution in [-0.4, -0.2) is 34.7 Å². The van der Waals surface area contributed by atoms with Crippen molar-refractivity contribution >= 4 is 22.8 Å². The van der Waals surface area contributed by atoms with Crippen molar-refractivity contribution in [3.63, 3.8) is 0 Å². The molecule has 0 saturated carbocycles. The third kappa shape index (κ3) is 7.25. The molecule has 0 N–H and O–H groups in total. The first-order chi connectivity index (χ1) is 16.8. The van der Waals surface area contributed by atoms with E-state index in [1.54, 1.807) is 41.3 Å². The van der Waals surface area contributed by atoms with Gasteiger partial charge in [-0.3, -0.25) is 14.4 Å². The SMILES string of the molecule is CCCCN(CC(=O)N(Cc1ccc(F)cc1)Cc1coc2ccccc2c1=O)C(=O)CC(C)C. The Morgan fingerprint density at radius 3 is 2.37 bits per heavy atom. The molecule has 0 aliphatic carbocycles. The molecule has 0 unspecified atom stereocenters. The molecular weight excluding hydrogens is 447 g/mol. The van der Waals surface area contributed by atoms with Gasteiger partial charge in [-0.25, -0.2) is 4.39 Å². The summed E-state index contributed by atoms with van der Waals surface area (Å²) in [4.78, 5) is 42.5. The molecule has 7 heteroatoms. The van der Waals surface area contributed by atoms with Gasteiger partial charge in [0.15, 0.2) is 5.43 Å². The smallest absolute Gasteiger partial charge is 0.242 e. The van der Waals surface area contributed by atoms with Crippen molar-refractivity contribution in [2.45, 2.75) is 53.1 Å². The fourth-order valence-corrected chi connectivity index (χ4v) is 3.86. The summed E-state index contributed by atoms with van der Waals surface area (Å²) in [6.07, 6.45) is 3.44. The molecule has 0 aliphatic heterocycles. The molecule has 3 rings (SSSR count). The van der Waals surface area contributed by atoms with Crippen molar-refractivity contribution in [1.82, 2.24) is 9.80 Å². The zero-order valence-corrected chi connectivity index (χ0v) is 20.6. The predicted octanol–water partition coefficient (Wildman–Crippen LogP) is 5.14. The Balaban J connectivity index is 1.88. The predicted molar refractivity (Wildman–Crippen MR) is 134 cm³/mol. The summed E-state index contributed by atoms with van der Waals surface area (Å²) in [5, 5.41) is 0.441. The van der Waals surface area contributed by atoms with Crippen LogP contribution in [0.4, 0.5) is 4.39 Å². The number of nitrogens with zero attached hydrogens (tertiary/aromatic N) is 2. The van der Waals surface area contributed by atoms with E-state index >= 15 is 0 Å². The summed E-state index contributed by atoms with van der Waals surface area (Å²) in [7, 11) is 0. The summed E-state index contributed by atoms with van der Waals surface area (Å²) in [6, 6.07) is 12.8. The average molecular weight is 481 g/mol. The summed E-state index contributed by atoms with van der Waals surface area (Å²) < 4.78 is 19.1. The van der Waals surface area contributed by atoms with Crippen molar-refractivity contribution < 1.29 is 18.4 Å². The maximum Gasteiger partial charge on any atom is 0.242 e. The lowest BCUT2D eigenvalue weighted by Crippen LogP contribution is -2.43. The van der Waals surface area contributed by atoms with Gasteiger partial charge >= 0.3 is 0 Å². The number of carbonyl (C=O) groups is 2. The van der Waals surface area contributed by atoms with E-state index in [0.717, 1.165) is 18.4 Å². The number of hydrogen-bond acceptors (Lipinski definition) is 4. The van der Waals surface area contributed by atoms with E-state index in [2.05, 4.69) is 0 Å². The second-order valence-electron chi connectivity index (χ2n) is 9.23. The number of benzene rings is 2. The van der Waals surface area contributed by atoms with Gasteiger partial charge in [0.05, 0.1) is 30.3 Å².